The van der Waals surface area contributed by atoms with Crippen LogP contribution in [0.15, 0.2) is 63.4 Å². The number of benzene rings is 1. The van der Waals surface area contributed by atoms with Crippen LogP contribution in [0.4, 0.5) is 11.4 Å². The highest BCUT2D eigenvalue weighted by Crippen LogP contribution is 2.18. The summed E-state index contributed by atoms with van der Waals surface area (Å²) in [4.78, 5) is 28.9. The number of aliphatic imine (C=N–C) groups is 1. The molecule has 1 aromatic heterocycles. The molecule has 0 unspecified atom stereocenters. The van der Waals surface area contributed by atoms with E-state index in [0.717, 1.165) is 16.9 Å². The highest BCUT2D eigenvalue weighted by molar-refractivity contribution is 5.81. The van der Waals surface area contributed by atoms with Gasteiger partial charge in [0.05, 0.1) is 5.69 Å². The summed E-state index contributed by atoms with van der Waals surface area (Å²) in [7, 11) is 3.95. The van der Waals surface area contributed by atoms with Crippen molar-refractivity contribution in [2.75, 3.05) is 19.0 Å². The van der Waals surface area contributed by atoms with Crippen LogP contribution < -0.4 is 20.3 Å². The number of anilines is 1. The summed E-state index contributed by atoms with van der Waals surface area (Å²) in [5.41, 5.74) is 1.24. The fourth-order valence-corrected chi connectivity index (χ4v) is 2.27. The van der Waals surface area contributed by atoms with E-state index in [1.165, 1.54) is 4.57 Å². The molecular weight excluding hydrogens is 306 g/mol. The fourth-order valence-electron chi connectivity index (χ4n) is 2.27. The number of aromatic nitrogens is 1. The maximum atomic E-state index is 11.4. The van der Waals surface area contributed by atoms with E-state index in [4.69, 9.17) is 0 Å². The van der Waals surface area contributed by atoms with Gasteiger partial charge in [-0.05, 0) is 24.3 Å². The molecule has 120 valence electrons. The van der Waals surface area contributed by atoms with Crippen LogP contribution in [0.2, 0.25) is 0 Å². The maximum Gasteiger partial charge on any atom is 0.309 e. The van der Waals surface area contributed by atoms with E-state index in [1.807, 2.05) is 43.3 Å². The molecule has 0 amide bonds. The Labute approximate surface area is 138 Å². The first-order valence-corrected chi connectivity index (χ1v) is 7.33. The van der Waals surface area contributed by atoms with Gasteiger partial charge in [-0.25, -0.2) is 0 Å². The Morgan fingerprint density at radius 1 is 1.00 bits per heavy atom. The third kappa shape index (κ3) is 2.81. The summed E-state index contributed by atoms with van der Waals surface area (Å²) in [6.45, 7) is 0. The van der Waals surface area contributed by atoms with Gasteiger partial charge in [-0.3, -0.25) is 14.6 Å². The zero-order valence-corrected chi connectivity index (χ0v) is 13.3. The molecule has 0 aliphatic carbocycles. The normalized spacial score (nSPS) is 11.2. The highest BCUT2D eigenvalue weighted by Gasteiger charge is 2.28. The molecule has 3 rings (SSSR count). The molecule has 1 heterocycles. The number of rotatable bonds is 4. The van der Waals surface area contributed by atoms with E-state index in [9.17, 15) is 14.7 Å². The molecule has 24 heavy (non-hydrogen) atoms. The first kappa shape index (κ1) is 15.6. The number of aromatic hydroxyl groups is 1. The van der Waals surface area contributed by atoms with Gasteiger partial charge >= 0.3 is 11.1 Å². The van der Waals surface area contributed by atoms with Crippen molar-refractivity contribution < 1.29 is 9.67 Å². The summed E-state index contributed by atoms with van der Waals surface area (Å²) in [5, 5.41) is 9.44. The average molecular weight is 322 g/mol. The summed E-state index contributed by atoms with van der Waals surface area (Å²) in [6, 6.07) is 11.3. The van der Waals surface area contributed by atoms with Gasteiger partial charge in [0, 0.05) is 43.7 Å². The lowest BCUT2D eigenvalue weighted by atomic mass is 10.2. The van der Waals surface area contributed by atoms with Gasteiger partial charge in [-0.2, -0.15) is 4.57 Å². The molecule has 3 aromatic rings. The van der Waals surface area contributed by atoms with Crippen molar-refractivity contribution >= 4 is 17.6 Å². The minimum Gasteiger partial charge on any atom is -0.499 e. The van der Waals surface area contributed by atoms with Gasteiger partial charge in [-0.15, -0.1) is 0 Å². The SMILES string of the molecule is CN(C)c1ccc(N=Cc2cc[n+](-c3c(O)c(=O)c3=O)cc2)cc1. The third-order valence-corrected chi connectivity index (χ3v) is 3.70. The van der Waals surface area contributed by atoms with Crippen LogP contribution in [0.1, 0.15) is 5.56 Å². The van der Waals surface area contributed by atoms with Crippen molar-refractivity contribution in [2.24, 2.45) is 4.99 Å². The van der Waals surface area contributed by atoms with E-state index in [-0.39, 0.29) is 5.69 Å². The van der Waals surface area contributed by atoms with Crippen LogP contribution in [0.25, 0.3) is 5.69 Å². The van der Waals surface area contributed by atoms with Crippen LogP contribution in [0.3, 0.4) is 0 Å². The monoisotopic (exact) mass is 322 g/mol. The van der Waals surface area contributed by atoms with Gasteiger partial charge in [0.2, 0.25) is 5.75 Å². The van der Waals surface area contributed by atoms with Gasteiger partial charge < -0.3 is 10.0 Å². The maximum absolute atomic E-state index is 11.4. The minimum atomic E-state index is -0.843. The average Bonchev–Trinajstić information content (AvgIpc) is 2.61. The largest absolute Gasteiger partial charge is 0.499 e. The van der Waals surface area contributed by atoms with Crippen molar-refractivity contribution in [1.29, 1.82) is 0 Å². The second-order valence-corrected chi connectivity index (χ2v) is 5.56. The fraction of sp³-hybridized carbons (Fsp3) is 0.111. The molecular formula is C18H16N3O3+. The standard InChI is InChI=1S/C18H15N3O3/c1-20(2)14-5-3-13(4-6-14)19-11-12-7-9-21(10-8-12)15-16(22)18(24)17(15)23/h3-11H,1-2H3/p+1. The Morgan fingerprint density at radius 3 is 2.17 bits per heavy atom. The molecule has 0 radical (unpaired) electrons. The topological polar surface area (TPSA) is 73.8 Å². The first-order chi connectivity index (χ1) is 11.5. The van der Waals surface area contributed by atoms with E-state index >= 15 is 0 Å². The van der Waals surface area contributed by atoms with E-state index in [1.54, 1.807) is 30.7 Å². The molecule has 0 aliphatic rings. The molecule has 0 saturated carbocycles. The summed E-state index contributed by atoms with van der Waals surface area (Å²) in [6.07, 6.45) is 4.91. The molecule has 0 saturated heterocycles. The van der Waals surface area contributed by atoms with E-state index in [0.29, 0.717) is 0 Å². The van der Waals surface area contributed by atoms with Gasteiger partial charge in [0.25, 0.3) is 5.43 Å². The summed E-state index contributed by atoms with van der Waals surface area (Å²) >= 11 is 0. The van der Waals surface area contributed by atoms with Crippen molar-refractivity contribution in [3.05, 3.63) is 74.8 Å². The molecule has 6 nitrogen and oxygen atoms in total. The zero-order valence-electron chi connectivity index (χ0n) is 13.3. The van der Waals surface area contributed by atoms with Gasteiger partial charge in [0.1, 0.15) is 0 Å². The molecule has 1 N–H and O–H groups in total. The van der Waals surface area contributed by atoms with Crippen LogP contribution >= 0.6 is 0 Å². The molecule has 0 fully saturated rings. The van der Waals surface area contributed by atoms with E-state index in [2.05, 4.69) is 4.99 Å². The van der Waals surface area contributed by atoms with Crippen molar-refractivity contribution in [3.63, 3.8) is 0 Å². The molecule has 0 atom stereocenters. The smallest absolute Gasteiger partial charge is 0.309 e. The summed E-state index contributed by atoms with van der Waals surface area (Å²) < 4.78 is 1.42. The first-order valence-electron chi connectivity index (χ1n) is 7.33. The lowest BCUT2D eigenvalue weighted by Crippen LogP contribution is -2.46. The molecule has 6 heteroatoms. The Morgan fingerprint density at radius 2 is 1.62 bits per heavy atom. The quantitative estimate of drug-likeness (QED) is 0.443. The molecule has 0 spiro atoms. The van der Waals surface area contributed by atoms with Crippen molar-refractivity contribution in [1.82, 2.24) is 0 Å². The van der Waals surface area contributed by atoms with E-state index < -0.39 is 16.6 Å². The zero-order chi connectivity index (χ0) is 17.3. The predicted octanol–water partition coefficient (Wildman–Crippen LogP) is 1.08. The van der Waals surface area contributed by atoms with Gasteiger partial charge in [0.15, 0.2) is 12.4 Å². The summed E-state index contributed by atoms with van der Waals surface area (Å²) in [5.74, 6) is -0.493. The van der Waals surface area contributed by atoms with Crippen molar-refractivity contribution in [3.8, 4) is 11.4 Å². The number of nitrogens with zero attached hydrogens (tertiary/aromatic N) is 3. The number of hydrogen-bond acceptors (Lipinski definition) is 5. The van der Waals surface area contributed by atoms with Crippen LogP contribution in [0, 0.1) is 0 Å². The lowest BCUT2D eigenvalue weighted by molar-refractivity contribution is -0.598. The van der Waals surface area contributed by atoms with Crippen molar-refractivity contribution in [2.45, 2.75) is 0 Å². The predicted molar refractivity (Wildman–Crippen MR) is 92.6 cm³/mol. The Bertz CT molecular complexity index is 964. The Kier molecular flexibility index (Phi) is 3.95. The molecule has 0 aliphatic heterocycles. The highest BCUT2D eigenvalue weighted by atomic mass is 16.3. The number of hydrogen-bond donors (Lipinski definition) is 1. The molecule has 0 bridgehead atoms. The Balaban J connectivity index is 1.77. The Hall–Kier alpha value is -3.28. The van der Waals surface area contributed by atoms with Gasteiger partial charge in [-0.1, -0.05) is 0 Å². The molecule has 2 aromatic carbocycles. The minimum absolute atomic E-state index is 0.00256. The second kappa shape index (κ2) is 6.08. The number of pyridine rings is 1. The lowest BCUT2D eigenvalue weighted by Gasteiger charge is -2.11. The van der Waals surface area contributed by atoms with Crippen LogP contribution in [-0.4, -0.2) is 25.4 Å². The van der Waals surface area contributed by atoms with Crippen LogP contribution in [0.5, 0.6) is 5.75 Å². The van der Waals surface area contributed by atoms with Crippen LogP contribution in [-0.2, 0) is 0 Å². The second-order valence-electron chi connectivity index (χ2n) is 5.56. The third-order valence-electron chi connectivity index (χ3n) is 3.70.